The van der Waals surface area contributed by atoms with E-state index in [9.17, 15) is 0 Å². The molecular weight excluding hydrogens is 444 g/mol. The molecule has 5 rings (SSSR count). The second kappa shape index (κ2) is 9.57. The van der Waals surface area contributed by atoms with E-state index < -0.39 is 0 Å². The van der Waals surface area contributed by atoms with Crippen molar-refractivity contribution in [2.24, 2.45) is 0 Å². The first-order chi connectivity index (χ1) is 16.7. The van der Waals surface area contributed by atoms with Gasteiger partial charge < -0.3 is 24.3 Å². The lowest BCUT2D eigenvalue weighted by molar-refractivity contribution is 0.301. The Bertz CT molecular complexity index is 1270. The Morgan fingerprint density at radius 3 is 2.44 bits per heavy atom. The smallest absolute Gasteiger partial charge is 0.170 e. The van der Waals surface area contributed by atoms with E-state index in [0.717, 1.165) is 34.1 Å². The fraction of sp³-hybridized carbons (Fsp3) is 0.185. The summed E-state index contributed by atoms with van der Waals surface area (Å²) in [6.45, 7) is 0.654. The summed E-state index contributed by atoms with van der Waals surface area (Å²) >= 11 is 5.85. The van der Waals surface area contributed by atoms with Crippen LogP contribution in [-0.2, 0) is 6.54 Å². The van der Waals surface area contributed by atoms with Crippen LogP contribution in [0.15, 0.2) is 91.3 Å². The highest BCUT2D eigenvalue weighted by molar-refractivity contribution is 7.80. The van der Waals surface area contributed by atoms with E-state index in [4.69, 9.17) is 21.7 Å². The Kier molecular flexibility index (Phi) is 6.18. The Balaban J connectivity index is 1.59. The number of hydrogen-bond acceptors (Lipinski definition) is 4. The summed E-state index contributed by atoms with van der Waals surface area (Å²) in [5.74, 6) is 1.64. The molecule has 0 aliphatic carbocycles. The number of pyridine rings is 1. The molecule has 0 radical (unpaired) electrons. The minimum atomic E-state index is -0.102. The van der Waals surface area contributed by atoms with Crippen molar-refractivity contribution < 1.29 is 9.47 Å². The van der Waals surface area contributed by atoms with Gasteiger partial charge in [-0.3, -0.25) is 4.98 Å². The van der Waals surface area contributed by atoms with Crippen LogP contribution in [0.4, 0.5) is 0 Å². The van der Waals surface area contributed by atoms with Crippen LogP contribution in [0.5, 0.6) is 11.5 Å². The fourth-order valence-electron chi connectivity index (χ4n) is 4.51. The second-order valence-corrected chi connectivity index (χ2v) is 8.46. The first kappa shape index (κ1) is 22.0. The monoisotopic (exact) mass is 470 g/mol. The number of methoxy groups -OCH3 is 2. The van der Waals surface area contributed by atoms with Crippen LogP contribution in [0.25, 0.3) is 5.69 Å². The van der Waals surface area contributed by atoms with E-state index in [2.05, 4.69) is 56.3 Å². The number of nitrogens with one attached hydrogen (secondary N) is 1. The molecule has 1 saturated heterocycles. The molecule has 7 heteroatoms. The van der Waals surface area contributed by atoms with Crippen molar-refractivity contribution in [3.05, 3.63) is 108 Å². The van der Waals surface area contributed by atoms with Crippen molar-refractivity contribution in [3.63, 3.8) is 0 Å². The maximum absolute atomic E-state index is 5.85. The van der Waals surface area contributed by atoms with Gasteiger partial charge in [0, 0.05) is 24.6 Å². The molecule has 34 heavy (non-hydrogen) atoms. The maximum atomic E-state index is 5.85. The molecule has 1 aliphatic heterocycles. The van der Waals surface area contributed by atoms with Crippen molar-refractivity contribution in [2.75, 3.05) is 14.2 Å². The highest BCUT2D eigenvalue weighted by Crippen LogP contribution is 2.41. The van der Waals surface area contributed by atoms with Crippen molar-refractivity contribution in [2.45, 2.75) is 18.6 Å². The van der Waals surface area contributed by atoms with Crippen LogP contribution in [0.2, 0.25) is 0 Å². The number of aromatic nitrogens is 2. The van der Waals surface area contributed by atoms with Gasteiger partial charge in [-0.1, -0.05) is 30.3 Å². The number of thiocarbonyl (C=S) groups is 1. The van der Waals surface area contributed by atoms with Gasteiger partial charge in [-0.2, -0.15) is 0 Å². The standard InChI is InChI=1S/C27H26N4O2S/c1-32-20-14-12-19(13-15-20)18-31-26(25(29-27(31)34)21-8-5-6-16-28-21)23-10-7-17-30(23)22-9-3-4-11-24(22)33-2/h3-17,25-26H,18H2,1-2H3,(H,29,34)/t25-,26+/m1/s1. The number of hydrogen-bond donors (Lipinski definition) is 1. The summed E-state index contributed by atoms with van der Waals surface area (Å²) in [4.78, 5) is 6.89. The van der Waals surface area contributed by atoms with Gasteiger partial charge >= 0.3 is 0 Å². The zero-order valence-corrected chi connectivity index (χ0v) is 19.9. The average Bonchev–Trinajstić information content (AvgIpc) is 3.49. The molecule has 4 aromatic rings. The van der Waals surface area contributed by atoms with Crippen molar-refractivity contribution in [3.8, 4) is 17.2 Å². The van der Waals surface area contributed by atoms with Crippen LogP contribution in [0.1, 0.15) is 29.0 Å². The van der Waals surface area contributed by atoms with Gasteiger partial charge in [-0.05, 0) is 66.3 Å². The highest BCUT2D eigenvalue weighted by Gasteiger charge is 2.41. The van der Waals surface area contributed by atoms with Gasteiger partial charge in [-0.25, -0.2) is 0 Å². The molecule has 0 bridgehead atoms. The van der Waals surface area contributed by atoms with Gasteiger partial charge in [0.2, 0.25) is 0 Å². The predicted molar refractivity (Wildman–Crippen MR) is 136 cm³/mol. The van der Waals surface area contributed by atoms with Crippen molar-refractivity contribution in [1.82, 2.24) is 19.8 Å². The van der Waals surface area contributed by atoms with E-state index in [1.807, 2.05) is 54.7 Å². The normalized spacial score (nSPS) is 17.5. The van der Waals surface area contributed by atoms with Gasteiger partial charge in [0.25, 0.3) is 0 Å². The summed E-state index contributed by atoms with van der Waals surface area (Å²) < 4.78 is 13.2. The molecular formula is C27H26N4O2S. The van der Waals surface area contributed by atoms with E-state index in [0.29, 0.717) is 11.7 Å². The molecule has 0 saturated carbocycles. The summed E-state index contributed by atoms with van der Waals surface area (Å²) in [5.41, 5.74) is 4.17. The van der Waals surface area contributed by atoms with E-state index >= 15 is 0 Å². The summed E-state index contributed by atoms with van der Waals surface area (Å²) in [7, 11) is 3.37. The average molecular weight is 471 g/mol. The number of ether oxygens (including phenoxy) is 2. The minimum Gasteiger partial charge on any atom is -0.497 e. The van der Waals surface area contributed by atoms with Crippen molar-refractivity contribution in [1.29, 1.82) is 0 Å². The Labute approximate surface area is 204 Å². The molecule has 2 atom stereocenters. The number of nitrogens with zero attached hydrogens (tertiary/aromatic N) is 3. The molecule has 3 heterocycles. The lowest BCUT2D eigenvalue weighted by Crippen LogP contribution is -2.30. The van der Waals surface area contributed by atoms with Gasteiger partial charge in [0.05, 0.1) is 37.7 Å². The third-order valence-electron chi connectivity index (χ3n) is 6.14. The third-order valence-corrected chi connectivity index (χ3v) is 6.49. The van der Waals surface area contributed by atoms with Crippen LogP contribution in [0, 0.1) is 0 Å². The van der Waals surface area contributed by atoms with Gasteiger partial charge in [0.1, 0.15) is 11.5 Å². The third kappa shape index (κ3) is 4.10. The molecule has 2 aromatic carbocycles. The zero-order chi connectivity index (χ0) is 23.5. The van der Waals surface area contributed by atoms with Crippen LogP contribution in [-0.4, -0.2) is 33.8 Å². The second-order valence-electron chi connectivity index (χ2n) is 8.08. The highest BCUT2D eigenvalue weighted by atomic mass is 32.1. The molecule has 0 spiro atoms. The SMILES string of the molecule is COc1ccc(CN2C(=S)N[C@H](c3ccccn3)[C@@H]2c2cccn2-c2ccccc2OC)cc1. The molecule has 1 fully saturated rings. The number of rotatable bonds is 7. The molecule has 0 amide bonds. The fourth-order valence-corrected chi connectivity index (χ4v) is 4.81. The summed E-state index contributed by atoms with van der Waals surface area (Å²) in [6, 6.07) is 26.1. The summed E-state index contributed by atoms with van der Waals surface area (Å²) in [6.07, 6.45) is 3.89. The molecule has 0 unspecified atom stereocenters. The van der Waals surface area contributed by atoms with Gasteiger partial charge in [0.15, 0.2) is 5.11 Å². The van der Waals surface area contributed by atoms with Crippen LogP contribution >= 0.6 is 12.2 Å². The van der Waals surface area contributed by atoms with Crippen molar-refractivity contribution >= 4 is 17.3 Å². The van der Waals surface area contributed by atoms with E-state index in [1.165, 1.54) is 0 Å². The number of benzene rings is 2. The Morgan fingerprint density at radius 1 is 0.912 bits per heavy atom. The Morgan fingerprint density at radius 2 is 1.71 bits per heavy atom. The quantitative estimate of drug-likeness (QED) is 0.381. The predicted octanol–water partition coefficient (Wildman–Crippen LogP) is 5.06. The van der Waals surface area contributed by atoms with E-state index in [-0.39, 0.29) is 12.1 Å². The number of para-hydroxylation sites is 2. The zero-order valence-electron chi connectivity index (χ0n) is 19.1. The molecule has 1 aliphatic rings. The molecule has 6 nitrogen and oxygen atoms in total. The van der Waals surface area contributed by atoms with Crippen LogP contribution < -0.4 is 14.8 Å². The van der Waals surface area contributed by atoms with Crippen LogP contribution in [0.3, 0.4) is 0 Å². The first-order valence-corrected chi connectivity index (χ1v) is 11.5. The minimum absolute atomic E-state index is 0.0792. The maximum Gasteiger partial charge on any atom is 0.170 e. The Hall–Kier alpha value is -3.84. The van der Waals surface area contributed by atoms with Gasteiger partial charge in [-0.15, -0.1) is 0 Å². The van der Waals surface area contributed by atoms with E-state index in [1.54, 1.807) is 14.2 Å². The first-order valence-electron chi connectivity index (χ1n) is 11.1. The topological polar surface area (TPSA) is 51.5 Å². The lowest BCUT2D eigenvalue weighted by atomic mass is 10.0. The molecule has 2 aromatic heterocycles. The molecule has 172 valence electrons. The summed E-state index contributed by atoms with van der Waals surface area (Å²) in [5, 5.41) is 4.23. The lowest BCUT2D eigenvalue weighted by Gasteiger charge is -2.29. The molecule has 1 N–H and O–H groups in total. The largest absolute Gasteiger partial charge is 0.497 e.